The molecule has 5 heteroatoms. The number of methoxy groups -OCH3 is 1. The Kier molecular flexibility index (Phi) is 2.91. The van der Waals surface area contributed by atoms with Gasteiger partial charge < -0.3 is 4.74 Å². The molecule has 0 aliphatic rings. The molecule has 0 fully saturated rings. The zero-order valence-corrected chi connectivity index (χ0v) is 9.97. The fraction of sp³-hybridized carbons (Fsp3) is 0.250. The normalized spacial score (nSPS) is 10.3. The van der Waals surface area contributed by atoms with Crippen LogP contribution in [0, 0.1) is 13.8 Å². The fourth-order valence-electron chi connectivity index (χ4n) is 1.46. The Morgan fingerprint density at radius 2 is 1.82 bits per heavy atom. The molecule has 2 aromatic rings. The molecular weight excluding hydrogens is 218 g/mol. The molecule has 1 aromatic carbocycles. The van der Waals surface area contributed by atoms with E-state index in [1.807, 2.05) is 31.2 Å². The molecule has 0 radical (unpaired) electrons. The van der Waals surface area contributed by atoms with Gasteiger partial charge in [0.25, 0.3) is 0 Å². The predicted molar refractivity (Wildman–Crippen MR) is 62.2 cm³/mol. The van der Waals surface area contributed by atoms with Crippen molar-refractivity contribution < 1.29 is 9.53 Å². The van der Waals surface area contributed by atoms with Crippen molar-refractivity contribution in [1.29, 1.82) is 0 Å². The van der Waals surface area contributed by atoms with Gasteiger partial charge in [-0.3, -0.25) is 0 Å². The Balaban J connectivity index is 2.41. The number of hydrogen-bond acceptors (Lipinski definition) is 4. The third kappa shape index (κ3) is 2.18. The molecule has 2 rings (SSSR count). The Hall–Kier alpha value is -2.17. The van der Waals surface area contributed by atoms with Gasteiger partial charge in [0, 0.05) is 0 Å². The minimum absolute atomic E-state index is 0.244. The van der Waals surface area contributed by atoms with Crippen molar-refractivity contribution in [2.75, 3.05) is 7.11 Å². The highest BCUT2D eigenvalue weighted by molar-refractivity contribution is 5.88. The smallest absolute Gasteiger partial charge is 0.360 e. The van der Waals surface area contributed by atoms with Gasteiger partial charge >= 0.3 is 5.97 Å². The van der Waals surface area contributed by atoms with Gasteiger partial charge in [0.2, 0.25) is 0 Å². The number of nitrogens with zero attached hydrogens (tertiary/aromatic N) is 3. The molecule has 0 saturated carbocycles. The molecule has 0 aliphatic heterocycles. The van der Waals surface area contributed by atoms with Gasteiger partial charge in [0.1, 0.15) is 0 Å². The molecule has 0 bridgehead atoms. The SMILES string of the molecule is COC(=O)c1nn(-c2ccc(C)cc2)nc1C. The minimum Gasteiger partial charge on any atom is -0.464 e. The van der Waals surface area contributed by atoms with Crippen molar-refractivity contribution in [2.45, 2.75) is 13.8 Å². The highest BCUT2D eigenvalue weighted by Crippen LogP contribution is 2.10. The summed E-state index contributed by atoms with van der Waals surface area (Å²) < 4.78 is 4.63. The lowest BCUT2D eigenvalue weighted by atomic mass is 10.2. The number of ether oxygens (including phenoxy) is 1. The van der Waals surface area contributed by atoms with Crippen molar-refractivity contribution in [3.05, 3.63) is 41.2 Å². The van der Waals surface area contributed by atoms with Crippen molar-refractivity contribution in [3.63, 3.8) is 0 Å². The van der Waals surface area contributed by atoms with Crippen LogP contribution in [-0.4, -0.2) is 28.1 Å². The van der Waals surface area contributed by atoms with Crippen LogP contribution in [0.3, 0.4) is 0 Å². The van der Waals surface area contributed by atoms with E-state index < -0.39 is 5.97 Å². The maximum atomic E-state index is 11.4. The lowest BCUT2D eigenvalue weighted by Gasteiger charge is -1.99. The van der Waals surface area contributed by atoms with E-state index >= 15 is 0 Å². The van der Waals surface area contributed by atoms with Gasteiger partial charge in [-0.25, -0.2) is 4.79 Å². The Bertz CT molecular complexity index is 543. The monoisotopic (exact) mass is 231 g/mol. The number of hydrogen-bond donors (Lipinski definition) is 0. The minimum atomic E-state index is -0.471. The lowest BCUT2D eigenvalue weighted by Crippen LogP contribution is -2.05. The summed E-state index contributed by atoms with van der Waals surface area (Å²) in [6, 6.07) is 7.73. The van der Waals surface area contributed by atoms with Crippen LogP contribution >= 0.6 is 0 Å². The Labute approximate surface area is 99.0 Å². The number of esters is 1. The molecular formula is C12H13N3O2. The average molecular weight is 231 g/mol. The second kappa shape index (κ2) is 4.37. The summed E-state index contributed by atoms with van der Waals surface area (Å²) in [5.74, 6) is -0.471. The summed E-state index contributed by atoms with van der Waals surface area (Å²) in [7, 11) is 1.33. The molecule has 0 aliphatic carbocycles. The van der Waals surface area contributed by atoms with Crippen molar-refractivity contribution >= 4 is 5.97 Å². The first kappa shape index (κ1) is 11.3. The summed E-state index contributed by atoms with van der Waals surface area (Å²) in [6.45, 7) is 3.73. The van der Waals surface area contributed by atoms with Crippen LogP contribution in [0.25, 0.3) is 5.69 Å². The number of rotatable bonds is 2. The van der Waals surface area contributed by atoms with Crippen LogP contribution in [0.5, 0.6) is 0 Å². The number of aryl methyl sites for hydroxylation is 2. The van der Waals surface area contributed by atoms with Crippen LogP contribution in [0.1, 0.15) is 21.7 Å². The Morgan fingerprint density at radius 1 is 1.18 bits per heavy atom. The van der Waals surface area contributed by atoms with Gasteiger partial charge in [-0.05, 0) is 26.0 Å². The molecule has 5 nitrogen and oxygen atoms in total. The van der Waals surface area contributed by atoms with Crippen molar-refractivity contribution in [1.82, 2.24) is 15.0 Å². The van der Waals surface area contributed by atoms with E-state index in [0.29, 0.717) is 5.69 Å². The average Bonchev–Trinajstić information content (AvgIpc) is 2.71. The molecule has 0 N–H and O–H groups in total. The largest absolute Gasteiger partial charge is 0.464 e. The first-order valence-corrected chi connectivity index (χ1v) is 5.21. The predicted octanol–water partition coefficient (Wildman–Crippen LogP) is 1.67. The van der Waals surface area contributed by atoms with Crippen molar-refractivity contribution in [3.8, 4) is 5.69 Å². The quantitative estimate of drug-likeness (QED) is 0.738. The van der Waals surface area contributed by atoms with Crippen LogP contribution in [0.2, 0.25) is 0 Å². The van der Waals surface area contributed by atoms with Crippen LogP contribution in [-0.2, 0) is 4.74 Å². The molecule has 0 atom stereocenters. The first-order valence-electron chi connectivity index (χ1n) is 5.21. The maximum absolute atomic E-state index is 11.4. The number of aromatic nitrogens is 3. The van der Waals surface area contributed by atoms with Gasteiger partial charge in [-0.1, -0.05) is 17.7 Å². The van der Waals surface area contributed by atoms with E-state index in [-0.39, 0.29) is 5.69 Å². The molecule has 1 heterocycles. The summed E-state index contributed by atoms with van der Waals surface area (Å²) in [4.78, 5) is 12.8. The summed E-state index contributed by atoms with van der Waals surface area (Å²) in [5.41, 5.74) is 2.77. The van der Waals surface area contributed by atoms with Crippen LogP contribution in [0.4, 0.5) is 0 Å². The summed E-state index contributed by atoms with van der Waals surface area (Å²) in [5, 5.41) is 8.30. The molecule has 0 saturated heterocycles. The van der Waals surface area contributed by atoms with Gasteiger partial charge in [-0.2, -0.15) is 9.90 Å². The van der Waals surface area contributed by atoms with E-state index in [0.717, 1.165) is 11.3 Å². The molecule has 0 unspecified atom stereocenters. The summed E-state index contributed by atoms with van der Waals surface area (Å²) >= 11 is 0. The lowest BCUT2D eigenvalue weighted by molar-refractivity contribution is 0.0592. The maximum Gasteiger partial charge on any atom is 0.360 e. The van der Waals surface area contributed by atoms with E-state index in [4.69, 9.17) is 0 Å². The second-order valence-corrected chi connectivity index (χ2v) is 3.75. The summed E-state index contributed by atoms with van der Waals surface area (Å²) in [6.07, 6.45) is 0. The van der Waals surface area contributed by atoms with E-state index in [2.05, 4.69) is 14.9 Å². The third-order valence-electron chi connectivity index (χ3n) is 2.43. The van der Waals surface area contributed by atoms with Gasteiger partial charge in [-0.15, -0.1) is 5.10 Å². The number of benzene rings is 1. The van der Waals surface area contributed by atoms with Crippen molar-refractivity contribution in [2.24, 2.45) is 0 Å². The van der Waals surface area contributed by atoms with E-state index in [1.165, 1.54) is 11.9 Å². The molecule has 17 heavy (non-hydrogen) atoms. The third-order valence-corrected chi connectivity index (χ3v) is 2.43. The standard InChI is InChI=1S/C12H13N3O2/c1-8-4-6-10(7-5-8)15-13-9(2)11(14-15)12(16)17-3/h4-7H,1-3H3. The highest BCUT2D eigenvalue weighted by atomic mass is 16.5. The van der Waals surface area contributed by atoms with Crippen LogP contribution < -0.4 is 0 Å². The molecule has 0 spiro atoms. The Morgan fingerprint density at radius 3 is 2.41 bits per heavy atom. The molecule has 88 valence electrons. The molecule has 1 aromatic heterocycles. The van der Waals surface area contributed by atoms with Gasteiger partial charge in [0.05, 0.1) is 18.5 Å². The van der Waals surface area contributed by atoms with Crippen LogP contribution in [0.15, 0.2) is 24.3 Å². The topological polar surface area (TPSA) is 57.0 Å². The highest BCUT2D eigenvalue weighted by Gasteiger charge is 2.16. The zero-order valence-electron chi connectivity index (χ0n) is 9.97. The van der Waals surface area contributed by atoms with Gasteiger partial charge in [0.15, 0.2) is 5.69 Å². The molecule has 0 amide bonds. The van der Waals surface area contributed by atoms with E-state index in [1.54, 1.807) is 6.92 Å². The van der Waals surface area contributed by atoms with E-state index in [9.17, 15) is 4.79 Å². The number of carbonyl (C=O) groups excluding carboxylic acids is 1. The zero-order chi connectivity index (χ0) is 12.4. The first-order chi connectivity index (χ1) is 8.11. The number of carbonyl (C=O) groups is 1. The fourth-order valence-corrected chi connectivity index (χ4v) is 1.46. The second-order valence-electron chi connectivity index (χ2n) is 3.75.